The van der Waals surface area contributed by atoms with Gasteiger partial charge in [-0.1, -0.05) is 36.2 Å². The molecule has 1 fully saturated rings. The summed E-state index contributed by atoms with van der Waals surface area (Å²) < 4.78 is 11.1. The van der Waals surface area contributed by atoms with Gasteiger partial charge in [0, 0.05) is 23.5 Å². The van der Waals surface area contributed by atoms with Crippen molar-refractivity contribution >= 4 is 11.6 Å². The van der Waals surface area contributed by atoms with Gasteiger partial charge in [0.1, 0.15) is 18.1 Å². The number of benzene rings is 1. The molecule has 6 rings (SSSR count). The van der Waals surface area contributed by atoms with Crippen LogP contribution in [-0.2, 0) is 0 Å². The Morgan fingerprint density at radius 3 is 2.62 bits per heavy atom. The fourth-order valence-electron chi connectivity index (χ4n) is 5.41. The van der Waals surface area contributed by atoms with Crippen LogP contribution in [0.25, 0.3) is 22.6 Å². The molecule has 2 N–H and O–H groups in total. The number of nitrogens with zero attached hydrogens (tertiary/aromatic N) is 4. The Balaban J connectivity index is 0.000000240. The third-order valence-corrected chi connectivity index (χ3v) is 7.96. The van der Waals surface area contributed by atoms with Crippen LogP contribution in [0.2, 0.25) is 5.02 Å². The van der Waals surface area contributed by atoms with Gasteiger partial charge < -0.3 is 19.7 Å². The third-order valence-electron chi connectivity index (χ3n) is 7.63. The van der Waals surface area contributed by atoms with E-state index in [0.29, 0.717) is 46.4 Å². The SMILES string of the molecule is CCC[C@@H](O)COc1ccc(Cl)c(-c2nc(C)c(C)c(-c3c(C)noc3C)n2)c1.c1cnc2c(c1)C1CCC2N1. The van der Waals surface area contributed by atoms with E-state index in [1.807, 2.05) is 52.9 Å². The van der Waals surface area contributed by atoms with Crippen LogP contribution in [0.3, 0.4) is 0 Å². The van der Waals surface area contributed by atoms with Gasteiger partial charge in [0.05, 0.1) is 39.8 Å². The van der Waals surface area contributed by atoms with Gasteiger partial charge in [-0.05, 0) is 82.3 Å². The number of fused-ring (bicyclic) bond motifs is 5. The molecule has 2 bridgehead atoms. The van der Waals surface area contributed by atoms with Crippen LogP contribution in [0, 0.1) is 27.7 Å². The maximum atomic E-state index is 9.92. The number of pyridine rings is 1. The van der Waals surface area contributed by atoms with Crippen molar-refractivity contribution in [3.05, 3.63) is 75.5 Å². The normalized spacial score (nSPS) is 17.8. The fourth-order valence-corrected chi connectivity index (χ4v) is 5.61. The number of rotatable bonds is 7. The van der Waals surface area contributed by atoms with E-state index in [2.05, 4.69) is 26.5 Å². The van der Waals surface area contributed by atoms with E-state index in [0.717, 1.165) is 34.6 Å². The van der Waals surface area contributed by atoms with Gasteiger partial charge in [0.2, 0.25) is 0 Å². The van der Waals surface area contributed by atoms with E-state index >= 15 is 0 Å². The summed E-state index contributed by atoms with van der Waals surface area (Å²) in [4.78, 5) is 13.8. The average molecular weight is 562 g/mol. The number of aliphatic hydroxyl groups is 1. The summed E-state index contributed by atoms with van der Waals surface area (Å²) in [5, 5.41) is 18.0. The Morgan fingerprint density at radius 1 is 1.10 bits per heavy atom. The predicted molar refractivity (Wildman–Crippen MR) is 155 cm³/mol. The van der Waals surface area contributed by atoms with Crippen LogP contribution < -0.4 is 10.1 Å². The molecule has 9 heteroatoms. The smallest absolute Gasteiger partial charge is 0.161 e. The molecule has 3 atom stereocenters. The van der Waals surface area contributed by atoms with Crippen LogP contribution in [0.5, 0.6) is 5.75 Å². The highest BCUT2D eigenvalue weighted by Crippen LogP contribution is 2.43. The topological polar surface area (TPSA) is 106 Å². The van der Waals surface area contributed by atoms with Crippen LogP contribution in [0.4, 0.5) is 0 Å². The van der Waals surface area contributed by atoms with Crippen molar-refractivity contribution in [2.45, 2.75) is 78.5 Å². The highest BCUT2D eigenvalue weighted by Gasteiger charge is 2.36. The Morgan fingerprint density at radius 2 is 1.90 bits per heavy atom. The number of hydrogen-bond donors (Lipinski definition) is 2. The molecule has 1 saturated heterocycles. The Kier molecular flexibility index (Phi) is 8.49. The lowest BCUT2D eigenvalue weighted by Gasteiger charge is -2.14. The molecule has 8 nitrogen and oxygen atoms in total. The molecule has 3 aromatic heterocycles. The highest BCUT2D eigenvalue weighted by atomic mass is 35.5. The molecule has 2 unspecified atom stereocenters. The molecule has 2 aliphatic heterocycles. The molecule has 0 radical (unpaired) electrons. The van der Waals surface area contributed by atoms with Crippen molar-refractivity contribution in [1.82, 2.24) is 25.4 Å². The van der Waals surface area contributed by atoms with Crippen LogP contribution in [0.15, 0.2) is 41.1 Å². The highest BCUT2D eigenvalue weighted by molar-refractivity contribution is 6.33. The average Bonchev–Trinajstić information content (AvgIpc) is 3.66. The number of aliphatic hydroxyl groups excluding tert-OH is 1. The van der Waals surface area contributed by atoms with Gasteiger partial charge in [-0.3, -0.25) is 4.98 Å². The molecule has 4 aromatic rings. The summed E-state index contributed by atoms with van der Waals surface area (Å²) in [6.07, 6.45) is 5.56. The number of halogens is 1. The third kappa shape index (κ3) is 5.75. The minimum Gasteiger partial charge on any atom is -0.491 e. The largest absolute Gasteiger partial charge is 0.491 e. The molecular formula is C31H36ClN5O3. The van der Waals surface area contributed by atoms with E-state index in [1.54, 1.807) is 12.1 Å². The first-order valence-electron chi connectivity index (χ1n) is 13.9. The second-order valence-corrected chi connectivity index (χ2v) is 10.9. The molecule has 210 valence electrons. The van der Waals surface area contributed by atoms with Crippen molar-refractivity contribution in [1.29, 1.82) is 0 Å². The fraction of sp³-hybridized carbons (Fsp3) is 0.419. The van der Waals surface area contributed by atoms with E-state index in [4.69, 9.17) is 25.8 Å². The van der Waals surface area contributed by atoms with Crippen LogP contribution in [-0.4, -0.2) is 37.9 Å². The van der Waals surface area contributed by atoms with Crippen molar-refractivity contribution in [2.75, 3.05) is 6.61 Å². The summed E-state index contributed by atoms with van der Waals surface area (Å²) in [5.41, 5.74) is 7.66. The first kappa shape index (κ1) is 28.2. The van der Waals surface area contributed by atoms with Gasteiger partial charge >= 0.3 is 0 Å². The van der Waals surface area contributed by atoms with Gasteiger partial charge in [-0.2, -0.15) is 0 Å². The molecule has 1 aromatic carbocycles. The predicted octanol–water partition coefficient (Wildman–Crippen LogP) is 6.79. The number of nitrogens with one attached hydrogen (secondary N) is 1. The van der Waals surface area contributed by atoms with E-state index in [-0.39, 0.29) is 6.61 Å². The number of hydrogen-bond acceptors (Lipinski definition) is 8. The molecule has 5 heterocycles. The standard InChI is InChI=1S/C22H26ClN3O3.C9H10N2/c1-6-7-16(27)11-28-17-8-9-19(23)18(10-17)22-24-13(3)12(2)21(25-22)20-14(4)26-29-15(20)5;1-2-6-7-3-4-8(11-7)9(6)10-5-1/h8-10,16,27H,6-7,11H2,1-5H3;1-2,5,7-8,11H,3-4H2/t16-;/m1./s1. The van der Waals surface area contributed by atoms with Crippen LogP contribution in [0.1, 0.15) is 78.7 Å². The maximum Gasteiger partial charge on any atom is 0.161 e. The quantitative estimate of drug-likeness (QED) is 0.254. The zero-order valence-corrected chi connectivity index (χ0v) is 24.4. The molecule has 2 aliphatic rings. The molecule has 0 aliphatic carbocycles. The van der Waals surface area contributed by atoms with Gasteiger partial charge in [0.15, 0.2) is 5.82 Å². The Labute approximate surface area is 240 Å². The summed E-state index contributed by atoms with van der Waals surface area (Å²) in [7, 11) is 0. The van der Waals surface area contributed by atoms with E-state index in [1.165, 1.54) is 24.1 Å². The molecule has 40 heavy (non-hydrogen) atoms. The van der Waals surface area contributed by atoms with E-state index < -0.39 is 6.10 Å². The molecule has 0 saturated carbocycles. The van der Waals surface area contributed by atoms with Crippen LogP contribution >= 0.6 is 11.6 Å². The van der Waals surface area contributed by atoms with Gasteiger partial charge in [0.25, 0.3) is 0 Å². The van der Waals surface area contributed by atoms with Crippen molar-refractivity contribution in [3.63, 3.8) is 0 Å². The van der Waals surface area contributed by atoms with Crippen molar-refractivity contribution in [3.8, 4) is 28.4 Å². The monoisotopic (exact) mass is 561 g/mol. The Hall–Kier alpha value is -3.33. The molecular weight excluding hydrogens is 526 g/mol. The van der Waals surface area contributed by atoms with E-state index in [9.17, 15) is 5.11 Å². The second-order valence-electron chi connectivity index (χ2n) is 10.5. The van der Waals surface area contributed by atoms with Crippen molar-refractivity contribution in [2.24, 2.45) is 0 Å². The summed E-state index contributed by atoms with van der Waals surface area (Å²) in [5.74, 6) is 1.83. The second kappa shape index (κ2) is 12.0. The zero-order chi connectivity index (χ0) is 28.4. The lowest BCUT2D eigenvalue weighted by atomic mass is 9.96. The lowest BCUT2D eigenvalue weighted by Crippen LogP contribution is -2.16. The minimum absolute atomic E-state index is 0.229. The molecule has 0 amide bonds. The first-order chi connectivity index (χ1) is 19.3. The Bertz CT molecular complexity index is 1460. The first-order valence-corrected chi connectivity index (χ1v) is 14.2. The number of aryl methyl sites for hydroxylation is 3. The lowest BCUT2D eigenvalue weighted by molar-refractivity contribution is 0.0994. The number of aromatic nitrogens is 4. The molecule has 0 spiro atoms. The summed E-state index contributed by atoms with van der Waals surface area (Å²) in [6.45, 7) is 9.94. The summed E-state index contributed by atoms with van der Waals surface area (Å²) >= 11 is 6.46. The van der Waals surface area contributed by atoms with Gasteiger partial charge in [-0.25, -0.2) is 9.97 Å². The minimum atomic E-state index is -0.497. The maximum absolute atomic E-state index is 9.92. The van der Waals surface area contributed by atoms with Crippen molar-refractivity contribution < 1.29 is 14.4 Å². The van der Waals surface area contributed by atoms with Gasteiger partial charge in [-0.15, -0.1) is 0 Å². The zero-order valence-electron chi connectivity index (χ0n) is 23.7. The number of ether oxygens (including phenoxy) is 1. The summed E-state index contributed by atoms with van der Waals surface area (Å²) in [6, 6.07) is 10.7.